The fraction of sp³-hybridized carbons (Fsp3) is 0.0588. The van der Waals surface area contributed by atoms with Gasteiger partial charge in [0.15, 0.2) is 5.13 Å². The Kier molecular flexibility index (Phi) is 7.58. The highest BCUT2D eigenvalue weighted by atomic mass is 32.1. The molecule has 1 N–H and O–H groups in total. The molecule has 6 aromatic rings. The van der Waals surface area contributed by atoms with Gasteiger partial charge in [-0.25, -0.2) is 9.67 Å². The number of aromatic nitrogens is 3. The fourth-order valence-electron chi connectivity index (χ4n) is 4.73. The summed E-state index contributed by atoms with van der Waals surface area (Å²) < 4.78 is 7.03. The molecule has 0 saturated carbocycles. The molecule has 0 saturated heterocycles. The number of nitrogens with zero attached hydrogens (tertiary/aromatic N) is 4. The second kappa shape index (κ2) is 11.9. The van der Waals surface area contributed by atoms with Gasteiger partial charge in [-0.2, -0.15) is 10.4 Å². The van der Waals surface area contributed by atoms with Crippen LogP contribution in [0.3, 0.4) is 0 Å². The minimum atomic E-state index is -0.531. The summed E-state index contributed by atoms with van der Waals surface area (Å²) in [5.74, 6) is 0.190. The molecule has 0 aliphatic carbocycles. The number of amides is 1. The van der Waals surface area contributed by atoms with E-state index in [9.17, 15) is 10.1 Å². The minimum Gasteiger partial charge on any atom is -0.497 e. The lowest BCUT2D eigenvalue weighted by Gasteiger charge is -2.04. The normalized spacial score (nSPS) is 11.3. The summed E-state index contributed by atoms with van der Waals surface area (Å²) >= 11 is 1.40. The number of rotatable bonds is 8. The predicted octanol–water partition coefficient (Wildman–Crippen LogP) is 7.29. The summed E-state index contributed by atoms with van der Waals surface area (Å²) in [4.78, 5) is 18.6. The quantitative estimate of drug-likeness (QED) is 0.154. The van der Waals surface area contributed by atoms with Crippen molar-refractivity contribution in [2.45, 2.75) is 6.42 Å². The first-order valence-corrected chi connectivity index (χ1v) is 14.1. The maximum Gasteiger partial charge on any atom is 0.268 e. The maximum absolute atomic E-state index is 13.2. The first-order chi connectivity index (χ1) is 20.6. The zero-order valence-electron chi connectivity index (χ0n) is 22.7. The van der Waals surface area contributed by atoms with Crippen LogP contribution in [0, 0.1) is 11.3 Å². The third-order valence-corrected chi connectivity index (χ3v) is 7.72. The lowest BCUT2D eigenvalue weighted by atomic mass is 10.0. The number of ether oxygens (including phenoxy) is 1. The molecule has 0 aliphatic rings. The minimum absolute atomic E-state index is 0.0526. The summed E-state index contributed by atoms with van der Waals surface area (Å²) in [5, 5.41) is 20.3. The van der Waals surface area contributed by atoms with E-state index in [0.29, 0.717) is 22.8 Å². The highest BCUT2D eigenvalue weighted by Crippen LogP contribution is 2.29. The van der Waals surface area contributed by atoms with Crippen molar-refractivity contribution in [2.24, 2.45) is 0 Å². The smallest absolute Gasteiger partial charge is 0.268 e. The van der Waals surface area contributed by atoms with Gasteiger partial charge in [-0.3, -0.25) is 10.1 Å². The van der Waals surface area contributed by atoms with Crippen LogP contribution in [0.4, 0.5) is 5.13 Å². The van der Waals surface area contributed by atoms with E-state index in [2.05, 4.69) is 40.6 Å². The molecule has 0 aliphatic heterocycles. The molecular formula is C34H25N5O2S. The van der Waals surface area contributed by atoms with Crippen molar-refractivity contribution >= 4 is 39.2 Å². The van der Waals surface area contributed by atoms with Crippen LogP contribution in [0.15, 0.2) is 115 Å². The number of hydrogen-bond donors (Lipinski definition) is 1. The van der Waals surface area contributed by atoms with Crippen LogP contribution >= 0.6 is 11.3 Å². The van der Waals surface area contributed by atoms with Gasteiger partial charge >= 0.3 is 0 Å². The Morgan fingerprint density at radius 3 is 2.55 bits per heavy atom. The summed E-state index contributed by atoms with van der Waals surface area (Å²) in [6.45, 7) is 0. The molecule has 42 heavy (non-hydrogen) atoms. The van der Waals surface area contributed by atoms with Crippen LogP contribution in [0.1, 0.15) is 16.0 Å². The number of benzene rings is 4. The summed E-state index contributed by atoms with van der Waals surface area (Å²) in [6, 6.07) is 33.7. The maximum atomic E-state index is 13.2. The van der Waals surface area contributed by atoms with Gasteiger partial charge in [0, 0.05) is 34.8 Å². The molecule has 0 atom stereocenters. The molecule has 8 heteroatoms. The van der Waals surface area contributed by atoms with Crippen LogP contribution in [0.5, 0.6) is 5.75 Å². The van der Waals surface area contributed by atoms with E-state index in [1.54, 1.807) is 24.1 Å². The molecule has 204 valence electrons. The van der Waals surface area contributed by atoms with E-state index < -0.39 is 5.91 Å². The van der Waals surface area contributed by atoms with Gasteiger partial charge in [0.05, 0.1) is 18.5 Å². The summed E-state index contributed by atoms with van der Waals surface area (Å²) in [5.41, 5.74) is 4.08. The van der Waals surface area contributed by atoms with Crippen LogP contribution in [0.25, 0.3) is 33.8 Å². The Balaban J connectivity index is 1.26. The van der Waals surface area contributed by atoms with Crippen molar-refractivity contribution in [3.63, 3.8) is 0 Å². The monoisotopic (exact) mass is 567 g/mol. The van der Waals surface area contributed by atoms with Crippen molar-refractivity contribution in [2.75, 3.05) is 12.4 Å². The molecule has 2 heterocycles. The second-order valence-electron chi connectivity index (χ2n) is 9.51. The number of nitrogens with one attached hydrogen (secondary N) is 1. The summed E-state index contributed by atoms with van der Waals surface area (Å²) in [7, 11) is 1.61. The van der Waals surface area contributed by atoms with Crippen LogP contribution in [0.2, 0.25) is 0 Å². The molecule has 2 aromatic heterocycles. The van der Waals surface area contributed by atoms with Crippen LogP contribution in [-0.4, -0.2) is 27.8 Å². The molecule has 0 unspecified atom stereocenters. The number of carbonyl (C=O) groups is 1. The Morgan fingerprint density at radius 2 is 1.76 bits per heavy atom. The van der Waals surface area contributed by atoms with Crippen molar-refractivity contribution in [3.8, 4) is 28.8 Å². The number of para-hydroxylation sites is 1. The fourth-order valence-corrected chi connectivity index (χ4v) is 5.56. The van der Waals surface area contributed by atoms with Gasteiger partial charge in [-0.15, -0.1) is 11.3 Å². The van der Waals surface area contributed by atoms with E-state index in [-0.39, 0.29) is 5.57 Å². The third kappa shape index (κ3) is 5.68. The van der Waals surface area contributed by atoms with Gasteiger partial charge in [-0.1, -0.05) is 60.7 Å². The number of fused-ring (bicyclic) bond motifs is 1. The number of nitriles is 1. The van der Waals surface area contributed by atoms with Gasteiger partial charge in [0.2, 0.25) is 0 Å². The predicted molar refractivity (Wildman–Crippen MR) is 167 cm³/mol. The Hall–Kier alpha value is -5.52. The van der Waals surface area contributed by atoms with Gasteiger partial charge in [0.25, 0.3) is 5.91 Å². The average molecular weight is 568 g/mol. The second-order valence-corrected chi connectivity index (χ2v) is 10.6. The van der Waals surface area contributed by atoms with E-state index >= 15 is 0 Å². The molecule has 0 spiro atoms. The number of methoxy groups -OCH3 is 1. The van der Waals surface area contributed by atoms with Crippen LogP contribution in [-0.2, 0) is 11.2 Å². The molecule has 6 rings (SSSR count). The van der Waals surface area contributed by atoms with Crippen LogP contribution < -0.4 is 10.1 Å². The molecular weight excluding hydrogens is 542 g/mol. The Labute approximate surface area is 247 Å². The SMILES string of the molecule is COc1ccc(-c2nn(-c3ccccc3)cc2C=C(C#N)C(=O)Nc2ncc(Cc3cccc4ccccc34)s2)cc1. The van der Waals surface area contributed by atoms with Crippen molar-refractivity contribution in [1.29, 1.82) is 5.26 Å². The van der Waals surface area contributed by atoms with E-state index in [1.807, 2.05) is 79.0 Å². The number of anilines is 1. The molecule has 7 nitrogen and oxygen atoms in total. The van der Waals surface area contributed by atoms with Crippen molar-refractivity contribution < 1.29 is 9.53 Å². The molecule has 0 fully saturated rings. The molecule has 4 aromatic carbocycles. The largest absolute Gasteiger partial charge is 0.497 e. The molecule has 0 radical (unpaired) electrons. The van der Waals surface area contributed by atoms with Crippen molar-refractivity contribution in [3.05, 3.63) is 131 Å². The number of hydrogen-bond acceptors (Lipinski definition) is 6. The standard InChI is InChI=1S/C34H25N5O2S/c1-41-29-16-14-24(15-17-29)32-27(22-39(38-32)28-11-3-2-4-12-28)18-26(20-35)33(40)37-34-36-21-30(42-34)19-25-10-7-9-23-8-5-6-13-31(23)25/h2-18,21-22H,19H2,1H3,(H,36,37,40). The molecule has 0 bridgehead atoms. The van der Waals surface area contributed by atoms with Crippen molar-refractivity contribution in [1.82, 2.24) is 14.8 Å². The Morgan fingerprint density at radius 1 is 1.00 bits per heavy atom. The lowest BCUT2D eigenvalue weighted by Crippen LogP contribution is -2.13. The lowest BCUT2D eigenvalue weighted by molar-refractivity contribution is -0.112. The van der Waals surface area contributed by atoms with E-state index in [0.717, 1.165) is 21.9 Å². The van der Waals surface area contributed by atoms with Gasteiger partial charge in [0.1, 0.15) is 17.4 Å². The molecule has 1 amide bonds. The highest BCUT2D eigenvalue weighted by molar-refractivity contribution is 7.15. The number of thiazole rings is 1. The van der Waals surface area contributed by atoms with Gasteiger partial charge < -0.3 is 4.74 Å². The topological polar surface area (TPSA) is 92.8 Å². The van der Waals surface area contributed by atoms with E-state index in [1.165, 1.54) is 27.7 Å². The van der Waals surface area contributed by atoms with Gasteiger partial charge in [-0.05, 0) is 58.8 Å². The highest BCUT2D eigenvalue weighted by Gasteiger charge is 2.17. The number of carbonyl (C=O) groups excluding carboxylic acids is 1. The zero-order chi connectivity index (χ0) is 28.9. The first-order valence-electron chi connectivity index (χ1n) is 13.3. The average Bonchev–Trinajstić information content (AvgIpc) is 3.67. The van der Waals surface area contributed by atoms with E-state index in [4.69, 9.17) is 9.84 Å². The first kappa shape index (κ1) is 26.7. The zero-order valence-corrected chi connectivity index (χ0v) is 23.5. The third-order valence-electron chi connectivity index (χ3n) is 6.81. The summed E-state index contributed by atoms with van der Waals surface area (Å²) in [6.07, 6.45) is 5.83. The Bertz CT molecular complexity index is 1940.